The van der Waals surface area contributed by atoms with Crippen LogP contribution in [0.2, 0.25) is 5.02 Å². The number of nitrogens with one attached hydrogen (secondary N) is 1. The minimum atomic E-state index is -0.640. The molecule has 0 spiro atoms. The minimum absolute atomic E-state index is 0.127. The van der Waals surface area contributed by atoms with Crippen LogP contribution >= 0.6 is 11.6 Å². The van der Waals surface area contributed by atoms with Crippen LogP contribution in [0.4, 0.5) is 4.39 Å². The summed E-state index contributed by atoms with van der Waals surface area (Å²) in [6.45, 7) is 11.2. The molecule has 8 nitrogen and oxygen atoms in total. The molecule has 0 unspecified atom stereocenters. The van der Waals surface area contributed by atoms with Crippen molar-refractivity contribution in [2.45, 2.75) is 47.7 Å². The first-order valence-corrected chi connectivity index (χ1v) is 14.1. The van der Waals surface area contributed by atoms with Crippen LogP contribution in [0, 0.1) is 11.9 Å². The number of amides is 2. The number of rotatable bonds is 6. The first-order valence-electron chi connectivity index (χ1n) is 13.8. The van der Waals surface area contributed by atoms with Crippen LogP contribution in [-0.2, 0) is 17.9 Å². The van der Waals surface area contributed by atoms with Gasteiger partial charge in [0.25, 0.3) is 11.5 Å². The number of carbonyl (C=O) groups excluding carboxylic acids is 2. The molecule has 1 N–H and O–H groups in total. The maximum absolute atomic E-state index is 13.7. The standard InChI is InChI=1S/C27H23ClFN5O3.2C2H6/c1-16-13-33(14-16)24(35)15-34-25-18(9-19(12-30-25)22-3-2-4-23(29)32-22)10-21(27(34)37)26(36)31-11-17-5-7-20(28)8-6-17;2*1-2/h2-10,12,16H,11,13-15H2,1H3,(H,31,36);2*1-2H3. The van der Waals surface area contributed by atoms with E-state index in [0.29, 0.717) is 40.7 Å². The molecule has 0 radical (unpaired) electrons. The lowest BCUT2D eigenvalue weighted by atomic mass is 10.0. The number of likely N-dealkylation sites (tertiary alicyclic amines) is 1. The van der Waals surface area contributed by atoms with Crippen molar-refractivity contribution in [2.75, 3.05) is 13.1 Å². The third-order valence-corrected chi connectivity index (χ3v) is 6.51. The fourth-order valence-corrected chi connectivity index (χ4v) is 4.43. The van der Waals surface area contributed by atoms with E-state index in [1.807, 2.05) is 34.6 Å². The fraction of sp³-hybridized carbons (Fsp3) is 0.323. The van der Waals surface area contributed by atoms with E-state index in [2.05, 4.69) is 15.3 Å². The first kappa shape index (κ1) is 31.4. The molecule has 0 atom stereocenters. The van der Waals surface area contributed by atoms with Crippen molar-refractivity contribution in [3.63, 3.8) is 0 Å². The summed E-state index contributed by atoms with van der Waals surface area (Å²) < 4.78 is 14.9. The molecule has 216 valence electrons. The maximum atomic E-state index is 13.7. The molecule has 0 aliphatic carbocycles. The highest BCUT2D eigenvalue weighted by molar-refractivity contribution is 6.30. The zero-order valence-electron chi connectivity index (χ0n) is 23.9. The van der Waals surface area contributed by atoms with Crippen molar-refractivity contribution in [1.29, 1.82) is 0 Å². The largest absolute Gasteiger partial charge is 0.348 e. The van der Waals surface area contributed by atoms with Gasteiger partial charge in [-0.25, -0.2) is 9.97 Å². The predicted octanol–water partition coefficient (Wildman–Crippen LogP) is 5.71. The Morgan fingerprint density at radius 3 is 2.37 bits per heavy atom. The quantitative estimate of drug-likeness (QED) is 0.295. The highest BCUT2D eigenvalue weighted by atomic mass is 35.5. The number of halogens is 2. The van der Waals surface area contributed by atoms with E-state index < -0.39 is 17.4 Å². The number of hydrogen-bond acceptors (Lipinski definition) is 5. The fourth-order valence-electron chi connectivity index (χ4n) is 4.30. The van der Waals surface area contributed by atoms with E-state index in [9.17, 15) is 18.8 Å². The van der Waals surface area contributed by atoms with Gasteiger partial charge in [0.05, 0.1) is 5.69 Å². The highest BCUT2D eigenvalue weighted by Crippen LogP contribution is 2.22. The average Bonchev–Trinajstić information content (AvgIpc) is 2.98. The minimum Gasteiger partial charge on any atom is -0.348 e. The van der Waals surface area contributed by atoms with E-state index in [1.165, 1.54) is 29.0 Å². The van der Waals surface area contributed by atoms with Crippen molar-refractivity contribution < 1.29 is 14.0 Å². The van der Waals surface area contributed by atoms with Crippen LogP contribution in [0.3, 0.4) is 0 Å². The molecular formula is C31H35ClFN5O3. The molecule has 10 heteroatoms. The van der Waals surface area contributed by atoms with E-state index in [0.717, 1.165) is 5.56 Å². The van der Waals surface area contributed by atoms with Crippen molar-refractivity contribution >= 4 is 34.4 Å². The van der Waals surface area contributed by atoms with Gasteiger partial charge in [-0.05, 0) is 47.9 Å². The molecular weight excluding hydrogens is 545 g/mol. The van der Waals surface area contributed by atoms with Gasteiger partial charge in [0.15, 0.2) is 0 Å². The summed E-state index contributed by atoms with van der Waals surface area (Å²) in [5.74, 6) is -1.05. The van der Waals surface area contributed by atoms with Crippen LogP contribution < -0.4 is 10.9 Å². The zero-order valence-corrected chi connectivity index (χ0v) is 24.7. The van der Waals surface area contributed by atoms with Crippen molar-refractivity contribution in [3.05, 3.63) is 93.2 Å². The van der Waals surface area contributed by atoms with Crippen LogP contribution in [0.25, 0.3) is 22.3 Å². The monoisotopic (exact) mass is 579 g/mol. The summed E-state index contributed by atoms with van der Waals surface area (Å²) in [5.41, 5.74) is 1.17. The van der Waals surface area contributed by atoms with Gasteiger partial charge < -0.3 is 10.2 Å². The number of hydrogen-bond donors (Lipinski definition) is 1. The summed E-state index contributed by atoms with van der Waals surface area (Å²) in [6, 6.07) is 14.5. The molecule has 1 aliphatic rings. The van der Waals surface area contributed by atoms with Gasteiger partial charge in [-0.2, -0.15) is 4.39 Å². The molecule has 1 saturated heterocycles. The lowest BCUT2D eigenvalue weighted by Gasteiger charge is -2.37. The Bertz CT molecular complexity index is 1570. The molecule has 4 heterocycles. The lowest BCUT2D eigenvalue weighted by Crippen LogP contribution is -2.50. The topological polar surface area (TPSA) is 97.2 Å². The first-order chi connectivity index (χ1) is 19.8. The molecule has 1 aliphatic heterocycles. The molecule has 4 aromatic rings. The van der Waals surface area contributed by atoms with Gasteiger partial charge >= 0.3 is 0 Å². The number of pyridine rings is 3. The van der Waals surface area contributed by atoms with Gasteiger partial charge in [0.2, 0.25) is 11.9 Å². The summed E-state index contributed by atoms with van der Waals surface area (Å²) in [7, 11) is 0. The summed E-state index contributed by atoms with van der Waals surface area (Å²) in [4.78, 5) is 49.3. The van der Waals surface area contributed by atoms with Crippen LogP contribution in [0.1, 0.15) is 50.5 Å². The second kappa shape index (κ2) is 14.5. The van der Waals surface area contributed by atoms with Crippen molar-refractivity contribution in [1.82, 2.24) is 24.8 Å². The van der Waals surface area contributed by atoms with Gasteiger partial charge in [-0.15, -0.1) is 0 Å². The molecule has 0 saturated carbocycles. The molecule has 3 aromatic heterocycles. The number of fused-ring (bicyclic) bond motifs is 1. The maximum Gasteiger partial charge on any atom is 0.265 e. The number of nitrogens with zero attached hydrogens (tertiary/aromatic N) is 4. The average molecular weight is 580 g/mol. The summed E-state index contributed by atoms with van der Waals surface area (Å²) >= 11 is 5.92. The number of benzene rings is 1. The summed E-state index contributed by atoms with van der Waals surface area (Å²) in [5, 5.41) is 3.78. The molecule has 1 aromatic carbocycles. The second-order valence-corrected chi connectivity index (χ2v) is 9.58. The lowest BCUT2D eigenvalue weighted by molar-refractivity contribution is -0.137. The Balaban J connectivity index is 0.00000111. The highest BCUT2D eigenvalue weighted by Gasteiger charge is 2.28. The Kier molecular flexibility index (Phi) is 11.1. The number of carbonyl (C=O) groups is 2. The van der Waals surface area contributed by atoms with Crippen molar-refractivity contribution in [2.24, 2.45) is 5.92 Å². The third kappa shape index (κ3) is 7.55. The van der Waals surface area contributed by atoms with Crippen LogP contribution in [-0.4, -0.2) is 44.3 Å². The third-order valence-electron chi connectivity index (χ3n) is 6.26. The SMILES string of the molecule is CC.CC.CC1CN(C(=O)Cn2c(=O)c(C(=O)NCc3ccc(Cl)cc3)cc3cc(-c4cccc(F)n4)cnc32)C1. The van der Waals surface area contributed by atoms with Gasteiger partial charge in [0, 0.05) is 41.8 Å². The van der Waals surface area contributed by atoms with Gasteiger partial charge in [0.1, 0.15) is 17.8 Å². The Hall–Kier alpha value is -4.11. The molecule has 0 bridgehead atoms. The summed E-state index contributed by atoms with van der Waals surface area (Å²) in [6.07, 6.45) is 1.47. The molecule has 41 heavy (non-hydrogen) atoms. The Labute approximate surface area is 244 Å². The molecule has 5 rings (SSSR count). The predicted molar refractivity (Wildman–Crippen MR) is 160 cm³/mol. The van der Waals surface area contributed by atoms with Crippen LogP contribution in [0.5, 0.6) is 0 Å². The number of aromatic nitrogens is 3. The van der Waals surface area contributed by atoms with E-state index in [-0.39, 0.29) is 30.2 Å². The van der Waals surface area contributed by atoms with E-state index >= 15 is 0 Å². The van der Waals surface area contributed by atoms with E-state index in [1.54, 1.807) is 41.3 Å². The molecule has 2 amide bonds. The smallest absolute Gasteiger partial charge is 0.265 e. The Morgan fingerprint density at radius 2 is 1.73 bits per heavy atom. The van der Waals surface area contributed by atoms with Gasteiger partial charge in [-0.3, -0.25) is 19.0 Å². The molecule has 1 fully saturated rings. The van der Waals surface area contributed by atoms with Gasteiger partial charge in [-0.1, -0.05) is 64.4 Å². The van der Waals surface area contributed by atoms with Crippen LogP contribution in [0.15, 0.2) is 65.6 Å². The van der Waals surface area contributed by atoms with E-state index in [4.69, 9.17) is 11.6 Å². The second-order valence-electron chi connectivity index (χ2n) is 9.14. The Morgan fingerprint density at radius 1 is 1.05 bits per heavy atom. The zero-order chi connectivity index (χ0) is 30.1. The normalized spacial score (nSPS) is 12.4. The van der Waals surface area contributed by atoms with Crippen molar-refractivity contribution in [3.8, 4) is 11.3 Å².